The molecule has 0 unspecified atom stereocenters. The van der Waals surface area contributed by atoms with Gasteiger partial charge < -0.3 is 24.4 Å². The van der Waals surface area contributed by atoms with Gasteiger partial charge in [0.2, 0.25) is 11.8 Å². The highest BCUT2D eigenvalue weighted by Gasteiger charge is 2.52. The summed E-state index contributed by atoms with van der Waals surface area (Å²) in [6.45, 7) is 6.75. The lowest BCUT2D eigenvalue weighted by atomic mass is 9.70. The summed E-state index contributed by atoms with van der Waals surface area (Å²) in [5.74, 6) is 1.81. The van der Waals surface area contributed by atoms with Crippen LogP contribution in [0.15, 0.2) is 18.2 Å². The van der Waals surface area contributed by atoms with Gasteiger partial charge in [-0.25, -0.2) is 0 Å². The van der Waals surface area contributed by atoms with Crippen LogP contribution < -0.4 is 14.8 Å². The number of benzene rings is 1. The van der Waals surface area contributed by atoms with Crippen molar-refractivity contribution in [2.45, 2.75) is 63.9 Å². The molecule has 188 valence electrons. The zero-order chi connectivity index (χ0) is 24.6. The molecular formula is C25H36N2O6S. The predicted molar refractivity (Wildman–Crippen MR) is 129 cm³/mol. The summed E-state index contributed by atoms with van der Waals surface area (Å²) in [6, 6.07) is 5.28. The number of rotatable bonds is 6. The van der Waals surface area contributed by atoms with Crippen LogP contribution >= 0.6 is 0 Å². The fourth-order valence-corrected chi connectivity index (χ4v) is 6.23. The Kier molecular flexibility index (Phi) is 7.24. The largest absolute Gasteiger partial charge is 0.493 e. The fourth-order valence-electron chi connectivity index (χ4n) is 5.66. The summed E-state index contributed by atoms with van der Waals surface area (Å²) < 4.78 is 30.3. The molecule has 2 amide bonds. The molecular weight excluding hydrogens is 456 g/mol. The fraction of sp³-hybridized carbons (Fsp3) is 0.680. The monoisotopic (exact) mass is 492 g/mol. The maximum Gasteiger partial charge on any atom is 0.245 e. The first-order chi connectivity index (χ1) is 16.1. The third kappa shape index (κ3) is 4.96. The number of amides is 2. The van der Waals surface area contributed by atoms with Crippen molar-refractivity contribution in [3.8, 4) is 11.5 Å². The Balaban J connectivity index is 1.51. The van der Waals surface area contributed by atoms with Crippen LogP contribution in [-0.2, 0) is 25.1 Å². The van der Waals surface area contributed by atoms with Gasteiger partial charge in [-0.15, -0.1) is 0 Å². The SMILES string of the molecule is COc1cccc2c1OC(C)(C)[C@H]1C[C@@H]3CN(C(=O)[C@H](CC[S@@](C)=O)NC(C)=O)CC[C@@H]3O[C@H]21. The molecule has 0 bridgehead atoms. The van der Waals surface area contributed by atoms with E-state index in [0.717, 1.165) is 24.2 Å². The summed E-state index contributed by atoms with van der Waals surface area (Å²) in [5, 5.41) is 2.76. The second kappa shape index (κ2) is 9.85. The van der Waals surface area contributed by atoms with E-state index >= 15 is 0 Å². The molecule has 1 aromatic carbocycles. The van der Waals surface area contributed by atoms with Crippen molar-refractivity contribution in [3.63, 3.8) is 0 Å². The van der Waals surface area contributed by atoms with Crippen molar-refractivity contribution in [3.05, 3.63) is 23.8 Å². The van der Waals surface area contributed by atoms with Crippen molar-refractivity contribution < 1.29 is 28.0 Å². The van der Waals surface area contributed by atoms with Crippen molar-refractivity contribution in [2.75, 3.05) is 32.2 Å². The average Bonchev–Trinajstić information content (AvgIpc) is 2.79. The van der Waals surface area contributed by atoms with E-state index in [4.69, 9.17) is 14.2 Å². The molecule has 0 radical (unpaired) electrons. The third-order valence-electron chi connectivity index (χ3n) is 7.38. The summed E-state index contributed by atoms with van der Waals surface area (Å²) in [4.78, 5) is 26.8. The molecule has 3 heterocycles. The molecule has 3 aliphatic rings. The third-order valence-corrected chi connectivity index (χ3v) is 8.19. The Morgan fingerprint density at radius 2 is 2.12 bits per heavy atom. The van der Waals surface area contributed by atoms with Gasteiger partial charge in [-0.05, 0) is 39.2 Å². The van der Waals surface area contributed by atoms with Gasteiger partial charge in [0.05, 0.1) is 19.3 Å². The number of para-hydroxylation sites is 1. The quantitative estimate of drug-likeness (QED) is 0.656. The molecule has 34 heavy (non-hydrogen) atoms. The Morgan fingerprint density at radius 3 is 2.79 bits per heavy atom. The molecule has 8 nitrogen and oxygen atoms in total. The van der Waals surface area contributed by atoms with Crippen LogP contribution in [0.25, 0.3) is 0 Å². The number of likely N-dealkylation sites (tertiary alicyclic amines) is 1. The lowest BCUT2D eigenvalue weighted by molar-refractivity contribution is -0.189. The van der Waals surface area contributed by atoms with Gasteiger partial charge in [0.1, 0.15) is 11.6 Å². The number of methoxy groups -OCH3 is 1. The lowest BCUT2D eigenvalue weighted by Gasteiger charge is -2.53. The number of ether oxygens (including phenoxy) is 3. The summed E-state index contributed by atoms with van der Waals surface area (Å²) in [5.41, 5.74) is 0.576. The van der Waals surface area contributed by atoms with E-state index in [1.165, 1.54) is 6.92 Å². The van der Waals surface area contributed by atoms with E-state index in [0.29, 0.717) is 31.0 Å². The van der Waals surface area contributed by atoms with Crippen LogP contribution in [0.3, 0.4) is 0 Å². The van der Waals surface area contributed by atoms with Gasteiger partial charge in [0.25, 0.3) is 0 Å². The van der Waals surface area contributed by atoms with Crippen LogP contribution in [0.4, 0.5) is 0 Å². The first kappa shape index (κ1) is 25.0. The van der Waals surface area contributed by atoms with Gasteiger partial charge in [0, 0.05) is 60.2 Å². The number of fused-ring (bicyclic) bond motifs is 4. The van der Waals surface area contributed by atoms with E-state index in [1.54, 1.807) is 13.4 Å². The highest BCUT2D eigenvalue weighted by Crippen LogP contribution is 2.55. The molecule has 6 atom stereocenters. The van der Waals surface area contributed by atoms with Crippen LogP contribution in [0.1, 0.15) is 51.7 Å². The standard InChI is InChI=1S/C25H36N2O6S/c1-15(28)26-19(10-12-34(5)30)24(29)27-11-9-20-16(14-27)13-18-22(32-20)17-7-6-8-21(31-4)23(17)33-25(18,2)3/h6-8,16,18-20,22H,9-14H2,1-5H3,(H,26,28)/t16-,18+,19+,20+,22-,34-/m1/s1. The predicted octanol–water partition coefficient (Wildman–Crippen LogP) is 2.43. The normalized spacial score (nSPS) is 28.9. The zero-order valence-corrected chi connectivity index (χ0v) is 21.5. The maximum atomic E-state index is 13.3. The maximum absolute atomic E-state index is 13.3. The smallest absolute Gasteiger partial charge is 0.245 e. The molecule has 2 fully saturated rings. The van der Waals surface area contributed by atoms with Crippen LogP contribution in [0, 0.1) is 11.8 Å². The van der Waals surface area contributed by atoms with Gasteiger partial charge in [-0.3, -0.25) is 13.8 Å². The number of hydrogen-bond donors (Lipinski definition) is 1. The zero-order valence-electron chi connectivity index (χ0n) is 20.7. The first-order valence-electron chi connectivity index (χ1n) is 12.0. The van der Waals surface area contributed by atoms with E-state index in [1.807, 2.05) is 17.0 Å². The van der Waals surface area contributed by atoms with E-state index in [-0.39, 0.29) is 35.9 Å². The first-order valence-corrected chi connectivity index (χ1v) is 13.7. The number of nitrogens with zero attached hydrogens (tertiary/aromatic N) is 1. The van der Waals surface area contributed by atoms with E-state index < -0.39 is 22.4 Å². The summed E-state index contributed by atoms with van der Waals surface area (Å²) >= 11 is 0. The van der Waals surface area contributed by atoms with Crippen molar-refractivity contribution in [2.24, 2.45) is 11.8 Å². The topological polar surface area (TPSA) is 94.2 Å². The Morgan fingerprint density at radius 1 is 1.35 bits per heavy atom. The molecule has 0 aromatic heterocycles. The van der Waals surface area contributed by atoms with Crippen molar-refractivity contribution >= 4 is 22.6 Å². The number of carbonyl (C=O) groups is 2. The summed E-state index contributed by atoms with van der Waals surface area (Å²) in [6.07, 6.45) is 3.58. The molecule has 0 saturated carbocycles. The van der Waals surface area contributed by atoms with Crippen LogP contribution in [-0.4, -0.2) is 70.9 Å². The molecule has 9 heteroatoms. The van der Waals surface area contributed by atoms with Crippen molar-refractivity contribution in [1.82, 2.24) is 10.2 Å². The minimum Gasteiger partial charge on any atom is -0.493 e. The minimum absolute atomic E-state index is 0.0561. The Hall–Kier alpha value is -2.13. The molecule has 1 N–H and O–H groups in total. The molecule has 4 rings (SSSR count). The highest BCUT2D eigenvalue weighted by molar-refractivity contribution is 7.84. The second-order valence-electron chi connectivity index (χ2n) is 10.2. The van der Waals surface area contributed by atoms with E-state index in [2.05, 4.69) is 25.2 Å². The number of nitrogens with one attached hydrogen (secondary N) is 1. The Bertz CT molecular complexity index is 967. The number of carbonyl (C=O) groups excluding carboxylic acids is 2. The van der Waals surface area contributed by atoms with Crippen molar-refractivity contribution in [1.29, 1.82) is 0 Å². The molecule has 3 aliphatic heterocycles. The van der Waals surface area contributed by atoms with E-state index in [9.17, 15) is 13.8 Å². The Labute approximate surface area is 204 Å². The molecule has 0 aliphatic carbocycles. The molecule has 0 spiro atoms. The van der Waals surface area contributed by atoms with Gasteiger partial charge in [-0.2, -0.15) is 0 Å². The van der Waals surface area contributed by atoms with Gasteiger partial charge in [-0.1, -0.05) is 12.1 Å². The van der Waals surface area contributed by atoms with Gasteiger partial charge in [0.15, 0.2) is 11.5 Å². The van der Waals surface area contributed by atoms with Gasteiger partial charge >= 0.3 is 0 Å². The lowest BCUT2D eigenvalue weighted by Crippen LogP contribution is -2.58. The number of hydrogen-bond acceptors (Lipinski definition) is 6. The van der Waals surface area contributed by atoms with Crippen LogP contribution in [0.2, 0.25) is 0 Å². The number of piperidine rings is 1. The molecule has 2 saturated heterocycles. The molecule has 1 aromatic rings. The highest BCUT2D eigenvalue weighted by atomic mass is 32.2. The minimum atomic E-state index is -1.03. The average molecular weight is 493 g/mol. The van der Waals surface area contributed by atoms with Crippen LogP contribution in [0.5, 0.6) is 11.5 Å². The second-order valence-corrected chi connectivity index (χ2v) is 11.7. The summed E-state index contributed by atoms with van der Waals surface area (Å²) in [7, 11) is 0.620.